The molecule has 0 aliphatic carbocycles. The molecule has 0 unspecified atom stereocenters. The van der Waals surface area contributed by atoms with Crippen LogP contribution in [0.4, 0.5) is 11.5 Å². The zero-order valence-corrected chi connectivity index (χ0v) is 10.0. The van der Waals surface area contributed by atoms with Gasteiger partial charge in [-0.05, 0) is 29.8 Å². The second-order valence-corrected chi connectivity index (χ2v) is 3.82. The van der Waals surface area contributed by atoms with Crippen LogP contribution in [-0.4, -0.2) is 15.1 Å². The van der Waals surface area contributed by atoms with Gasteiger partial charge in [-0.3, -0.25) is 0 Å². The molecule has 0 radical (unpaired) electrons. The van der Waals surface area contributed by atoms with Gasteiger partial charge in [0.25, 0.3) is 0 Å². The number of nitrogens with one attached hydrogen (secondary N) is 1. The molecule has 2 aromatic rings. The lowest BCUT2D eigenvalue weighted by Gasteiger charge is -2.03. The van der Waals surface area contributed by atoms with Gasteiger partial charge < -0.3 is 20.0 Å². The smallest absolute Gasteiger partial charge is 0.363 e. The third-order valence-corrected chi connectivity index (χ3v) is 2.59. The highest BCUT2D eigenvalue weighted by molar-refractivity contribution is 5.44. The maximum Gasteiger partial charge on any atom is 0.363 e. The largest absolute Gasteiger partial charge is 0.378 e. The van der Waals surface area contributed by atoms with Crippen LogP contribution >= 0.6 is 0 Å². The van der Waals surface area contributed by atoms with Gasteiger partial charge in [0.05, 0.1) is 11.4 Å². The lowest BCUT2D eigenvalue weighted by molar-refractivity contribution is -0.389. The third-order valence-electron chi connectivity index (χ3n) is 2.59. The van der Waals surface area contributed by atoms with Gasteiger partial charge in [0, 0.05) is 18.2 Å². The lowest BCUT2D eigenvalue weighted by atomic mass is 10.2. The Balaban J connectivity index is 2.04. The molecular formula is C11H12N4O3. The molecule has 0 amide bonds. The van der Waals surface area contributed by atoms with Crippen molar-refractivity contribution in [3.8, 4) is 0 Å². The van der Waals surface area contributed by atoms with E-state index in [1.807, 2.05) is 13.8 Å². The maximum atomic E-state index is 10.4. The van der Waals surface area contributed by atoms with E-state index in [2.05, 4.69) is 15.5 Å². The summed E-state index contributed by atoms with van der Waals surface area (Å²) in [5, 5.41) is 17.4. The number of nitrogens with zero attached hydrogens (tertiary/aromatic N) is 3. The molecule has 2 aromatic heterocycles. The number of hydrogen-bond donors (Lipinski definition) is 1. The molecular weight excluding hydrogens is 236 g/mol. The molecule has 0 aliphatic heterocycles. The Morgan fingerprint density at radius 1 is 1.44 bits per heavy atom. The summed E-state index contributed by atoms with van der Waals surface area (Å²) in [6, 6.07) is 2.97. The number of aryl methyl sites for hydroxylation is 2. The van der Waals surface area contributed by atoms with Gasteiger partial charge in [0.2, 0.25) is 0 Å². The van der Waals surface area contributed by atoms with Crippen molar-refractivity contribution < 1.29 is 9.45 Å². The van der Waals surface area contributed by atoms with E-state index < -0.39 is 4.92 Å². The van der Waals surface area contributed by atoms with Gasteiger partial charge in [-0.2, -0.15) is 0 Å². The van der Waals surface area contributed by atoms with Crippen LogP contribution in [0.2, 0.25) is 0 Å². The quantitative estimate of drug-likeness (QED) is 0.658. The van der Waals surface area contributed by atoms with Crippen molar-refractivity contribution in [2.45, 2.75) is 20.4 Å². The highest BCUT2D eigenvalue weighted by Crippen LogP contribution is 2.16. The van der Waals surface area contributed by atoms with E-state index >= 15 is 0 Å². The Labute approximate surface area is 103 Å². The minimum atomic E-state index is -0.530. The summed E-state index contributed by atoms with van der Waals surface area (Å²) in [6.07, 6.45) is 1.43. The molecule has 0 spiro atoms. The van der Waals surface area contributed by atoms with E-state index in [0.29, 0.717) is 12.2 Å². The Morgan fingerprint density at radius 3 is 2.72 bits per heavy atom. The first-order valence-electron chi connectivity index (χ1n) is 5.34. The Hall–Kier alpha value is -2.44. The van der Waals surface area contributed by atoms with Crippen molar-refractivity contribution in [2.75, 3.05) is 5.32 Å². The molecule has 1 N–H and O–H groups in total. The zero-order valence-electron chi connectivity index (χ0n) is 10.0. The van der Waals surface area contributed by atoms with Crippen molar-refractivity contribution >= 4 is 11.5 Å². The third kappa shape index (κ3) is 2.45. The van der Waals surface area contributed by atoms with Gasteiger partial charge >= 0.3 is 5.82 Å². The molecule has 94 valence electrons. The van der Waals surface area contributed by atoms with Crippen LogP contribution in [0.3, 0.4) is 0 Å². The van der Waals surface area contributed by atoms with Gasteiger partial charge in [-0.15, -0.1) is 0 Å². The van der Waals surface area contributed by atoms with E-state index in [0.717, 1.165) is 17.0 Å². The molecule has 0 aliphatic rings. The fourth-order valence-electron chi connectivity index (χ4n) is 1.54. The van der Waals surface area contributed by atoms with E-state index in [4.69, 9.17) is 4.52 Å². The normalized spacial score (nSPS) is 10.3. The van der Waals surface area contributed by atoms with E-state index in [-0.39, 0.29) is 5.82 Å². The SMILES string of the molecule is Cc1noc(C)c1CNc1ccc([N+](=O)[O-])nc1. The molecule has 0 aromatic carbocycles. The predicted molar refractivity (Wildman–Crippen MR) is 64.2 cm³/mol. The molecule has 7 heteroatoms. The molecule has 0 fully saturated rings. The number of nitro groups is 1. The minimum absolute atomic E-state index is 0.169. The second-order valence-electron chi connectivity index (χ2n) is 3.82. The van der Waals surface area contributed by atoms with Crippen LogP contribution in [0.25, 0.3) is 0 Å². The number of hydrogen-bond acceptors (Lipinski definition) is 6. The molecule has 7 nitrogen and oxygen atoms in total. The highest BCUT2D eigenvalue weighted by Gasteiger charge is 2.10. The fourth-order valence-corrected chi connectivity index (χ4v) is 1.54. The van der Waals surface area contributed by atoms with Crippen LogP contribution in [-0.2, 0) is 6.54 Å². The maximum absolute atomic E-state index is 10.4. The van der Waals surface area contributed by atoms with Crippen molar-refractivity contribution in [1.29, 1.82) is 0 Å². The van der Waals surface area contributed by atoms with Crippen molar-refractivity contribution in [3.05, 3.63) is 45.5 Å². The molecule has 0 saturated carbocycles. The van der Waals surface area contributed by atoms with Crippen molar-refractivity contribution in [2.24, 2.45) is 0 Å². The molecule has 0 bridgehead atoms. The highest BCUT2D eigenvalue weighted by atomic mass is 16.6. The number of pyridine rings is 1. The van der Waals surface area contributed by atoms with Gasteiger partial charge in [-0.25, -0.2) is 0 Å². The first-order chi connectivity index (χ1) is 8.58. The summed E-state index contributed by atoms with van der Waals surface area (Å²) in [6.45, 7) is 4.24. The van der Waals surface area contributed by atoms with E-state index in [9.17, 15) is 10.1 Å². The Kier molecular flexibility index (Phi) is 3.22. The van der Waals surface area contributed by atoms with Gasteiger partial charge in [0.1, 0.15) is 5.76 Å². The van der Waals surface area contributed by atoms with Crippen molar-refractivity contribution in [1.82, 2.24) is 10.1 Å². The average Bonchev–Trinajstić information content (AvgIpc) is 2.67. The van der Waals surface area contributed by atoms with Gasteiger partial charge in [0.15, 0.2) is 6.20 Å². The summed E-state index contributed by atoms with van der Waals surface area (Å²) in [7, 11) is 0. The van der Waals surface area contributed by atoms with E-state index in [1.165, 1.54) is 12.3 Å². The number of anilines is 1. The van der Waals surface area contributed by atoms with Crippen LogP contribution < -0.4 is 5.32 Å². The molecule has 0 saturated heterocycles. The Bertz CT molecular complexity index is 543. The first kappa shape index (κ1) is 12.0. The summed E-state index contributed by atoms with van der Waals surface area (Å²) >= 11 is 0. The summed E-state index contributed by atoms with van der Waals surface area (Å²) in [5.74, 6) is 0.591. The molecule has 2 heterocycles. The zero-order chi connectivity index (χ0) is 13.1. The van der Waals surface area contributed by atoms with Gasteiger partial charge in [-0.1, -0.05) is 5.16 Å². The van der Waals surface area contributed by atoms with Crippen LogP contribution in [0.5, 0.6) is 0 Å². The standard InChI is InChI=1S/C11H12N4O3/c1-7-10(8(2)18-14-7)6-12-9-3-4-11(13-5-9)15(16)17/h3-5,12H,6H2,1-2H3. The topological polar surface area (TPSA) is 94.1 Å². The van der Waals surface area contributed by atoms with Crippen LogP contribution in [0.15, 0.2) is 22.9 Å². The fraction of sp³-hybridized carbons (Fsp3) is 0.273. The Morgan fingerprint density at radius 2 is 2.22 bits per heavy atom. The minimum Gasteiger partial charge on any atom is -0.378 e. The lowest BCUT2D eigenvalue weighted by Crippen LogP contribution is -2.02. The number of aromatic nitrogens is 2. The summed E-state index contributed by atoms with van der Waals surface area (Å²) in [4.78, 5) is 13.6. The first-order valence-corrected chi connectivity index (χ1v) is 5.34. The summed E-state index contributed by atoms with van der Waals surface area (Å²) in [5.41, 5.74) is 2.52. The van der Waals surface area contributed by atoms with E-state index in [1.54, 1.807) is 6.07 Å². The van der Waals surface area contributed by atoms with Crippen LogP contribution in [0.1, 0.15) is 17.0 Å². The predicted octanol–water partition coefficient (Wildman–Crippen LogP) is 2.21. The van der Waals surface area contributed by atoms with Crippen LogP contribution in [0, 0.1) is 24.0 Å². The molecule has 18 heavy (non-hydrogen) atoms. The monoisotopic (exact) mass is 248 g/mol. The van der Waals surface area contributed by atoms with Crippen molar-refractivity contribution in [3.63, 3.8) is 0 Å². The molecule has 0 atom stereocenters. The second kappa shape index (κ2) is 4.82. The average molecular weight is 248 g/mol. The molecule has 2 rings (SSSR count). The number of rotatable bonds is 4. The summed E-state index contributed by atoms with van der Waals surface area (Å²) < 4.78 is 5.04.